The summed E-state index contributed by atoms with van der Waals surface area (Å²) < 4.78 is 113. The van der Waals surface area contributed by atoms with Gasteiger partial charge in [0.1, 0.15) is 11.6 Å². The summed E-state index contributed by atoms with van der Waals surface area (Å²) >= 11 is 5.99. The minimum absolute atomic E-state index is 0.0189. The number of nitrogens with zero attached hydrogens (tertiary/aromatic N) is 1. The van der Waals surface area contributed by atoms with Crippen LogP contribution in [-0.2, 0) is 28.5 Å². The number of rotatable bonds is 12. The number of benzene rings is 3. The molecule has 3 aromatic rings. The molecule has 0 amide bonds. The molecule has 0 saturated heterocycles. The highest BCUT2D eigenvalue weighted by Crippen LogP contribution is 2.37. The van der Waals surface area contributed by atoms with Gasteiger partial charge in [-0.15, -0.1) is 0 Å². The second kappa shape index (κ2) is 12.6. The minimum Gasteiger partial charge on any atom is -0.494 e. The van der Waals surface area contributed by atoms with Crippen molar-refractivity contribution in [3.8, 4) is 5.75 Å². The monoisotopic (exact) mass is 607 g/mol. The van der Waals surface area contributed by atoms with Crippen molar-refractivity contribution in [3.63, 3.8) is 0 Å². The minimum atomic E-state index is -4.74. The van der Waals surface area contributed by atoms with Crippen molar-refractivity contribution in [2.24, 2.45) is 0 Å². The fraction of sp³-hybridized carbons (Fsp3) is 0.296. The van der Waals surface area contributed by atoms with Crippen LogP contribution >= 0.6 is 11.6 Å². The van der Waals surface area contributed by atoms with Crippen molar-refractivity contribution in [2.45, 2.75) is 30.0 Å². The van der Waals surface area contributed by atoms with Gasteiger partial charge in [0.15, 0.2) is 16.1 Å². The Kier molecular flexibility index (Phi) is 9.91. The fourth-order valence-electron chi connectivity index (χ4n) is 3.94. The molecule has 0 atom stereocenters. The quantitative estimate of drug-likeness (QED) is 0.129. The van der Waals surface area contributed by atoms with Gasteiger partial charge in [0.25, 0.3) is 5.92 Å². The Morgan fingerprint density at radius 1 is 1.00 bits per heavy atom. The van der Waals surface area contributed by atoms with Crippen LogP contribution in [0.3, 0.4) is 0 Å². The van der Waals surface area contributed by atoms with E-state index < -0.39 is 50.4 Å². The molecular weight excluding hydrogens is 584 g/mol. The molecule has 0 aliphatic rings. The second-order valence-electron chi connectivity index (χ2n) is 8.99. The van der Waals surface area contributed by atoms with Crippen LogP contribution in [0.2, 0.25) is 5.02 Å². The molecule has 40 heavy (non-hydrogen) atoms. The van der Waals surface area contributed by atoms with Crippen LogP contribution in [0.25, 0.3) is 0 Å². The number of ether oxygens (including phenoxy) is 1. The van der Waals surface area contributed by atoms with Gasteiger partial charge in [0.2, 0.25) is 0 Å². The third-order valence-corrected chi connectivity index (χ3v) is 7.46. The summed E-state index contributed by atoms with van der Waals surface area (Å²) in [4.78, 5) is 12.1. The number of sulfone groups is 1. The molecule has 0 bridgehead atoms. The third kappa shape index (κ3) is 8.21. The molecule has 0 unspecified atom stereocenters. The number of hydrogen-bond donors (Lipinski definition) is 0. The summed E-state index contributed by atoms with van der Waals surface area (Å²) in [5, 5.41) is -0.607. The Labute approximate surface area is 232 Å². The Morgan fingerprint density at radius 3 is 2.27 bits per heavy atom. The van der Waals surface area contributed by atoms with Crippen molar-refractivity contribution in [1.82, 2.24) is 4.90 Å². The maximum absolute atomic E-state index is 15.1. The van der Waals surface area contributed by atoms with Crippen molar-refractivity contribution in [1.29, 1.82) is 0 Å². The number of alkyl halides is 5. The van der Waals surface area contributed by atoms with Crippen LogP contribution in [0.15, 0.2) is 65.6 Å². The van der Waals surface area contributed by atoms with Crippen LogP contribution in [0.5, 0.6) is 5.75 Å². The lowest BCUT2D eigenvalue weighted by atomic mass is 10.1. The summed E-state index contributed by atoms with van der Waals surface area (Å²) in [6.07, 6.45) is -3.32. The van der Waals surface area contributed by atoms with E-state index >= 15 is 8.78 Å². The van der Waals surface area contributed by atoms with E-state index in [9.17, 15) is 30.8 Å². The van der Waals surface area contributed by atoms with Gasteiger partial charge in [0, 0.05) is 30.5 Å². The second-order valence-corrected chi connectivity index (χ2v) is 11.4. The van der Waals surface area contributed by atoms with Crippen LogP contribution in [-0.4, -0.2) is 45.6 Å². The average molecular weight is 608 g/mol. The van der Waals surface area contributed by atoms with Gasteiger partial charge in [-0.05, 0) is 48.4 Å². The molecular formula is C27H24ClF6NO4S. The Morgan fingerprint density at radius 2 is 1.68 bits per heavy atom. The number of aldehydes is 1. The van der Waals surface area contributed by atoms with Gasteiger partial charge < -0.3 is 4.74 Å². The van der Waals surface area contributed by atoms with Crippen LogP contribution in [0, 0.1) is 5.82 Å². The van der Waals surface area contributed by atoms with E-state index in [-0.39, 0.29) is 47.9 Å². The summed E-state index contributed by atoms with van der Waals surface area (Å²) in [6, 6.07) is 10.7. The molecule has 5 nitrogen and oxygen atoms in total. The SMILES string of the molecule is CS(=O)(=O)c1cc(OCCCN(Cc2cccc(C(F)(F)F)c2Cl)CC(F)(F)c2ccc(F)cc2)ccc1C=O. The lowest BCUT2D eigenvalue weighted by Gasteiger charge is -2.28. The summed E-state index contributed by atoms with van der Waals surface area (Å²) in [5.41, 5.74) is -1.65. The van der Waals surface area contributed by atoms with E-state index in [1.54, 1.807) is 0 Å². The van der Waals surface area contributed by atoms with E-state index in [0.29, 0.717) is 6.29 Å². The zero-order valence-corrected chi connectivity index (χ0v) is 22.6. The molecule has 3 rings (SSSR count). The molecule has 3 aromatic carbocycles. The van der Waals surface area contributed by atoms with Crippen LogP contribution < -0.4 is 4.74 Å². The number of halogens is 7. The van der Waals surface area contributed by atoms with Crippen LogP contribution in [0.1, 0.15) is 33.5 Å². The zero-order chi connectivity index (χ0) is 29.7. The van der Waals surface area contributed by atoms with Gasteiger partial charge in [-0.3, -0.25) is 9.69 Å². The highest BCUT2D eigenvalue weighted by molar-refractivity contribution is 7.90. The van der Waals surface area contributed by atoms with E-state index in [0.717, 1.165) is 42.7 Å². The van der Waals surface area contributed by atoms with E-state index in [4.69, 9.17) is 16.3 Å². The smallest absolute Gasteiger partial charge is 0.417 e. The first-order valence-electron chi connectivity index (χ1n) is 11.7. The molecule has 0 fully saturated rings. The molecule has 0 saturated carbocycles. The molecule has 0 N–H and O–H groups in total. The van der Waals surface area contributed by atoms with Gasteiger partial charge in [-0.1, -0.05) is 35.9 Å². The highest BCUT2D eigenvalue weighted by Gasteiger charge is 2.36. The fourth-order valence-corrected chi connectivity index (χ4v) is 5.11. The van der Waals surface area contributed by atoms with Gasteiger partial charge >= 0.3 is 6.18 Å². The molecule has 0 heterocycles. The standard InChI is InChI=1S/C27H24ClF6NO4S/c1-40(37,38)24-14-22(11-6-19(24)16-36)39-13-3-12-35(17-26(30,31)20-7-9-21(29)10-8-20)15-18-4-2-5-23(25(18)28)27(32,33)34/h2,4-11,14,16H,3,12-13,15,17H2,1H3. The maximum Gasteiger partial charge on any atom is 0.417 e. The molecule has 216 valence electrons. The predicted octanol–water partition coefficient (Wildman–Crippen LogP) is 6.78. The number of carbonyl (C=O) groups is 1. The molecule has 0 aromatic heterocycles. The normalized spacial score (nSPS) is 12.5. The van der Waals surface area contributed by atoms with Gasteiger partial charge in [0.05, 0.1) is 28.6 Å². The summed E-state index contributed by atoms with van der Waals surface area (Å²) in [7, 11) is -3.73. The van der Waals surface area contributed by atoms with Crippen LogP contribution in [0.4, 0.5) is 26.3 Å². The Hall–Kier alpha value is -3.09. The molecule has 0 aliphatic carbocycles. The molecule has 0 aliphatic heterocycles. The summed E-state index contributed by atoms with van der Waals surface area (Å²) in [5.74, 6) is -4.07. The van der Waals surface area contributed by atoms with Crippen molar-refractivity contribution < 1.29 is 44.3 Å². The first kappa shape index (κ1) is 31.4. The average Bonchev–Trinajstić information content (AvgIpc) is 2.86. The zero-order valence-electron chi connectivity index (χ0n) is 21.0. The highest BCUT2D eigenvalue weighted by atomic mass is 35.5. The Bertz CT molecular complexity index is 1450. The topological polar surface area (TPSA) is 63.7 Å². The van der Waals surface area contributed by atoms with E-state index in [1.807, 2.05) is 0 Å². The number of hydrogen-bond acceptors (Lipinski definition) is 5. The molecule has 13 heteroatoms. The largest absolute Gasteiger partial charge is 0.494 e. The van der Waals surface area contributed by atoms with Crippen molar-refractivity contribution in [2.75, 3.05) is 26.0 Å². The third-order valence-electron chi connectivity index (χ3n) is 5.87. The van der Waals surface area contributed by atoms with E-state index in [2.05, 4.69) is 0 Å². The molecule has 0 spiro atoms. The van der Waals surface area contributed by atoms with Gasteiger partial charge in [-0.2, -0.15) is 22.0 Å². The van der Waals surface area contributed by atoms with E-state index in [1.165, 1.54) is 29.2 Å². The lowest BCUT2D eigenvalue weighted by molar-refractivity contribution is -0.137. The Balaban J connectivity index is 1.79. The first-order valence-corrected chi connectivity index (χ1v) is 14.0. The van der Waals surface area contributed by atoms with Crippen molar-refractivity contribution >= 4 is 27.7 Å². The van der Waals surface area contributed by atoms with Gasteiger partial charge in [-0.25, -0.2) is 12.8 Å². The predicted molar refractivity (Wildman–Crippen MR) is 137 cm³/mol. The number of carbonyl (C=O) groups excluding carboxylic acids is 1. The molecule has 0 radical (unpaired) electrons. The maximum atomic E-state index is 15.1. The van der Waals surface area contributed by atoms with Crippen molar-refractivity contribution in [3.05, 3.63) is 93.8 Å². The summed E-state index contributed by atoms with van der Waals surface area (Å²) in [6.45, 7) is -1.42. The lowest BCUT2D eigenvalue weighted by Crippen LogP contribution is -2.36. The first-order chi connectivity index (χ1) is 18.6.